The molecule has 0 spiro atoms. The number of hydrogen-bond acceptors (Lipinski definition) is 4. The first-order valence-corrected chi connectivity index (χ1v) is 7.69. The second kappa shape index (κ2) is 8.22. The van der Waals surface area contributed by atoms with E-state index in [-0.39, 0.29) is 0 Å². The number of rotatable bonds is 8. The molecular formula is C19H22O4. The fourth-order valence-electron chi connectivity index (χ4n) is 2.25. The van der Waals surface area contributed by atoms with Crippen LogP contribution in [0.2, 0.25) is 0 Å². The van der Waals surface area contributed by atoms with Crippen molar-refractivity contribution in [2.24, 2.45) is 0 Å². The van der Waals surface area contributed by atoms with Crippen LogP contribution in [-0.4, -0.2) is 26.1 Å². The molecule has 0 fully saturated rings. The highest BCUT2D eigenvalue weighted by atomic mass is 16.5. The van der Waals surface area contributed by atoms with E-state index in [0.29, 0.717) is 36.9 Å². The Morgan fingerprint density at radius 3 is 2.22 bits per heavy atom. The summed E-state index contributed by atoms with van der Waals surface area (Å²) in [6, 6.07) is 11.2. The highest BCUT2D eigenvalue weighted by Crippen LogP contribution is 2.28. The molecule has 2 rings (SSSR count). The third-order valence-electron chi connectivity index (χ3n) is 3.33. The Morgan fingerprint density at radius 2 is 1.57 bits per heavy atom. The molecule has 122 valence electrons. The summed E-state index contributed by atoms with van der Waals surface area (Å²) < 4.78 is 16.9. The zero-order valence-electron chi connectivity index (χ0n) is 13.8. The molecule has 0 aromatic heterocycles. The second-order valence-corrected chi connectivity index (χ2v) is 5.22. The minimum atomic E-state index is 0.397. The first-order valence-electron chi connectivity index (χ1n) is 7.69. The van der Waals surface area contributed by atoms with E-state index >= 15 is 0 Å². The fraction of sp³-hybridized carbons (Fsp3) is 0.316. The molecular weight excluding hydrogens is 292 g/mol. The standard InChI is InChI=1S/C19H22O4/c1-4-21-19-12-16(13-20)6-8-18(19)23-10-9-22-17-7-5-14(2)11-15(17)3/h5-8,11-13H,4,9-10H2,1-3H3. The predicted octanol–water partition coefficient (Wildman–Crippen LogP) is 3.97. The number of carbonyl (C=O) groups excluding carboxylic acids is 1. The first kappa shape index (κ1) is 16.9. The van der Waals surface area contributed by atoms with Gasteiger partial charge in [0.2, 0.25) is 0 Å². The van der Waals surface area contributed by atoms with Crippen molar-refractivity contribution in [3.63, 3.8) is 0 Å². The van der Waals surface area contributed by atoms with Gasteiger partial charge in [-0.1, -0.05) is 17.7 Å². The van der Waals surface area contributed by atoms with Gasteiger partial charge in [0.05, 0.1) is 6.61 Å². The van der Waals surface area contributed by atoms with Gasteiger partial charge in [0.25, 0.3) is 0 Å². The maximum atomic E-state index is 10.8. The lowest BCUT2D eigenvalue weighted by molar-refractivity contribution is 0.112. The summed E-state index contributed by atoms with van der Waals surface area (Å²) in [5.41, 5.74) is 2.88. The molecule has 0 heterocycles. The van der Waals surface area contributed by atoms with Gasteiger partial charge in [-0.05, 0) is 50.6 Å². The molecule has 0 aliphatic rings. The van der Waals surface area contributed by atoms with Crippen LogP contribution in [-0.2, 0) is 0 Å². The van der Waals surface area contributed by atoms with Crippen LogP contribution < -0.4 is 14.2 Å². The van der Waals surface area contributed by atoms with Crippen LogP contribution in [0.1, 0.15) is 28.4 Å². The lowest BCUT2D eigenvalue weighted by Crippen LogP contribution is -2.10. The van der Waals surface area contributed by atoms with Gasteiger partial charge in [-0.25, -0.2) is 0 Å². The van der Waals surface area contributed by atoms with Crippen molar-refractivity contribution in [3.05, 3.63) is 53.1 Å². The quantitative estimate of drug-likeness (QED) is 0.546. The lowest BCUT2D eigenvalue weighted by Gasteiger charge is -2.13. The van der Waals surface area contributed by atoms with Crippen molar-refractivity contribution in [1.82, 2.24) is 0 Å². The molecule has 2 aromatic carbocycles. The normalized spacial score (nSPS) is 10.2. The molecule has 0 amide bonds. The number of ether oxygens (including phenoxy) is 3. The Hall–Kier alpha value is -2.49. The average molecular weight is 314 g/mol. The zero-order chi connectivity index (χ0) is 16.7. The summed E-state index contributed by atoms with van der Waals surface area (Å²) in [4.78, 5) is 10.8. The first-order chi connectivity index (χ1) is 11.1. The topological polar surface area (TPSA) is 44.8 Å². The molecule has 23 heavy (non-hydrogen) atoms. The summed E-state index contributed by atoms with van der Waals surface area (Å²) in [6.45, 7) is 7.31. The molecule has 0 N–H and O–H groups in total. The van der Waals surface area contributed by atoms with Crippen molar-refractivity contribution < 1.29 is 19.0 Å². The van der Waals surface area contributed by atoms with Gasteiger partial charge >= 0.3 is 0 Å². The van der Waals surface area contributed by atoms with Crippen LogP contribution >= 0.6 is 0 Å². The molecule has 0 saturated carbocycles. The Balaban J connectivity index is 1.92. The van der Waals surface area contributed by atoms with Gasteiger partial charge in [-0.2, -0.15) is 0 Å². The largest absolute Gasteiger partial charge is 0.490 e. The maximum Gasteiger partial charge on any atom is 0.161 e. The summed E-state index contributed by atoms with van der Waals surface area (Å²) in [5, 5.41) is 0. The third-order valence-corrected chi connectivity index (χ3v) is 3.33. The summed E-state index contributed by atoms with van der Waals surface area (Å²) in [7, 11) is 0. The van der Waals surface area contributed by atoms with E-state index in [4.69, 9.17) is 14.2 Å². The molecule has 4 nitrogen and oxygen atoms in total. The van der Waals surface area contributed by atoms with Crippen molar-refractivity contribution in [2.75, 3.05) is 19.8 Å². The van der Waals surface area contributed by atoms with Gasteiger partial charge in [0.1, 0.15) is 25.2 Å². The third kappa shape index (κ3) is 4.74. The molecule has 0 saturated heterocycles. The van der Waals surface area contributed by atoms with Crippen LogP contribution in [0.25, 0.3) is 0 Å². The molecule has 4 heteroatoms. The number of aryl methyl sites for hydroxylation is 2. The smallest absolute Gasteiger partial charge is 0.161 e. The van der Waals surface area contributed by atoms with Crippen molar-refractivity contribution in [1.29, 1.82) is 0 Å². The number of aldehydes is 1. The summed E-state index contributed by atoms with van der Waals surface area (Å²) in [5.74, 6) is 2.05. The van der Waals surface area contributed by atoms with Gasteiger partial charge in [0, 0.05) is 5.56 Å². The van der Waals surface area contributed by atoms with E-state index in [0.717, 1.165) is 17.6 Å². The molecule has 0 aliphatic heterocycles. The highest BCUT2D eigenvalue weighted by molar-refractivity contribution is 5.76. The number of benzene rings is 2. The Kier molecular flexibility index (Phi) is 6.03. The Bertz CT molecular complexity index is 664. The van der Waals surface area contributed by atoms with Gasteiger partial charge in [0.15, 0.2) is 11.5 Å². The van der Waals surface area contributed by atoms with E-state index in [2.05, 4.69) is 13.0 Å². The van der Waals surface area contributed by atoms with Crippen molar-refractivity contribution in [2.45, 2.75) is 20.8 Å². The van der Waals surface area contributed by atoms with Crippen LogP contribution in [0.15, 0.2) is 36.4 Å². The predicted molar refractivity (Wildman–Crippen MR) is 89.9 cm³/mol. The highest BCUT2D eigenvalue weighted by Gasteiger charge is 2.07. The van der Waals surface area contributed by atoms with E-state index in [1.807, 2.05) is 26.0 Å². The fourth-order valence-corrected chi connectivity index (χ4v) is 2.25. The SMILES string of the molecule is CCOc1cc(C=O)ccc1OCCOc1ccc(C)cc1C. The maximum absolute atomic E-state index is 10.8. The zero-order valence-corrected chi connectivity index (χ0v) is 13.8. The monoisotopic (exact) mass is 314 g/mol. The van der Waals surface area contributed by atoms with Crippen molar-refractivity contribution in [3.8, 4) is 17.2 Å². The van der Waals surface area contributed by atoms with E-state index in [9.17, 15) is 4.79 Å². The molecule has 0 unspecified atom stereocenters. The average Bonchev–Trinajstić information content (AvgIpc) is 2.54. The van der Waals surface area contributed by atoms with Gasteiger partial charge in [-0.15, -0.1) is 0 Å². The van der Waals surface area contributed by atoms with Crippen molar-refractivity contribution >= 4 is 6.29 Å². The van der Waals surface area contributed by atoms with Crippen LogP contribution in [0.5, 0.6) is 17.2 Å². The van der Waals surface area contributed by atoms with Crippen LogP contribution in [0.4, 0.5) is 0 Å². The summed E-state index contributed by atoms with van der Waals surface area (Å²) >= 11 is 0. The van der Waals surface area contributed by atoms with Gasteiger partial charge in [-0.3, -0.25) is 4.79 Å². The molecule has 0 bridgehead atoms. The minimum Gasteiger partial charge on any atom is -0.490 e. The molecule has 0 radical (unpaired) electrons. The lowest BCUT2D eigenvalue weighted by atomic mass is 10.1. The van der Waals surface area contributed by atoms with Crippen LogP contribution in [0, 0.1) is 13.8 Å². The van der Waals surface area contributed by atoms with Gasteiger partial charge < -0.3 is 14.2 Å². The number of carbonyl (C=O) groups is 1. The Labute approximate surface area is 137 Å². The molecule has 0 aliphatic carbocycles. The molecule has 0 atom stereocenters. The number of hydrogen-bond donors (Lipinski definition) is 0. The second-order valence-electron chi connectivity index (χ2n) is 5.22. The van der Waals surface area contributed by atoms with E-state index in [1.165, 1.54) is 5.56 Å². The minimum absolute atomic E-state index is 0.397. The van der Waals surface area contributed by atoms with Crippen LogP contribution in [0.3, 0.4) is 0 Å². The molecule has 2 aromatic rings. The van der Waals surface area contributed by atoms with E-state index < -0.39 is 0 Å². The summed E-state index contributed by atoms with van der Waals surface area (Å²) in [6.07, 6.45) is 0.787. The van der Waals surface area contributed by atoms with E-state index in [1.54, 1.807) is 18.2 Å². The Morgan fingerprint density at radius 1 is 0.870 bits per heavy atom.